The van der Waals surface area contributed by atoms with Crippen LogP contribution in [-0.4, -0.2) is 44.9 Å². The summed E-state index contributed by atoms with van der Waals surface area (Å²) in [6.07, 6.45) is 2.05. The number of aliphatic carboxylic acids is 1. The van der Waals surface area contributed by atoms with Gasteiger partial charge in [-0.1, -0.05) is 12.1 Å². The molecule has 0 radical (unpaired) electrons. The van der Waals surface area contributed by atoms with Crippen molar-refractivity contribution in [1.82, 2.24) is 19.6 Å². The van der Waals surface area contributed by atoms with Crippen molar-refractivity contribution in [3.63, 3.8) is 0 Å². The molecule has 158 valence electrons. The molecule has 0 fully saturated rings. The zero-order chi connectivity index (χ0) is 21.8. The van der Waals surface area contributed by atoms with Crippen LogP contribution in [0.2, 0.25) is 0 Å². The first-order valence-electron chi connectivity index (χ1n) is 9.58. The molecule has 0 amide bonds. The van der Waals surface area contributed by atoms with E-state index in [1.165, 1.54) is 6.33 Å². The second-order valence-corrected chi connectivity index (χ2v) is 6.78. The van der Waals surface area contributed by atoms with E-state index >= 15 is 0 Å². The molecule has 0 aliphatic carbocycles. The molecule has 2 N–H and O–H groups in total. The lowest BCUT2D eigenvalue weighted by Gasteiger charge is -2.12. The van der Waals surface area contributed by atoms with Crippen LogP contribution >= 0.6 is 0 Å². The SMILES string of the molecule is COc1ccc(-c2cc3ncnn3c(Nc3ccc(CCC(=O)O)cc3)n2)cc1OC. The molecule has 31 heavy (non-hydrogen) atoms. The van der Waals surface area contributed by atoms with Gasteiger partial charge in [-0.25, -0.2) is 9.97 Å². The van der Waals surface area contributed by atoms with Gasteiger partial charge in [-0.2, -0.15) is 9.61 Å². The summed E-state index contributed by atoms with van der Waals surface area (Å²) in [5.74, 6) is 0.927. The molecule has 0 spiro atoms. The van der Waals surface area contributed by atoms with E-state index in [-0.39, 0.29) is 6.42 Å². The van der Waals surface area contributed by atoms with Crippen molar-refractivity contribution >= 4 is 23.3 Å². The molecule has 0 aliphatic heterocycles. The first-order valence-corrected chi connectivity index (χ1v) is 9.58. The Kier molecular flexibility index (Phi) is 5.65. The summed E-state index contributed by atoms with van der Waals surface area (Å²) in [6, 6.07) is 15.0. The first-order chi connectivity index (χ1) is 15.1. The number of nitrogens with zero attached hydrogens (tertiary/aromatic N) is 4. The molecular weight excluding hydrogens is 398 g/mol. The maximum Gasteiger partial charge on any atom is 0.303 e. The largest absolute Gasteiger partial charge is 0.493 e. The Labute approximate surface area is 178 Å². The summed E-state index contributed by atoms with van der Waals surface area (Å²) < 4.78 is 12.3. The summed E-state index contributed by atoms with van der Waals surface area (Å²) in [7, 11) is 3.18. The minimum atomic E-state index is -0.813. The van der Waals surface area contributed by atoms with Crippen LogP contribution in [0.4, 0.5) is 11.6 Å². The average Bonchev–Trinajstić information content (AvgIpc) is 3.27. The molecule has 0 saturated carbocycles. The average molecular weight is 419 g/mol. The first kappa shape index (κ1) is 20.1. The molecule has 9 heteroatoms. The molecule has 4 aromatic rings. The Morgan fingerprint density at radius 1 is 1.06 bits per heavy atom. The van der Waals surface area contributed by atoms with E-state index in [4.69, 9.17) is 19.6 Å². The summed E-state index contributed by atoms with van der Waals surface area (Å²) >= 11 is 0. The molecule has 2 aromatic carbocycles. The van der Waals surface area contributed by atoms with Gasteiger partial charge in [0.25, 0.3) is 0 Å². The van der Waals surface area contributed by atoms with Gasteiger partial charge in [-0.05, 0) is 42.3 Å². The van der Waals surface area contributed by atoms with E-state index in [2.05, 4.69) is 15.4 Å². The lowest BCUT2D eigenvalue weighted by atomic mass is 10.1. The Morgan fingerprint density at radius 3 is 2.55 bits per heavy atom. The van der Waals surface area contributed by atoms with Gasteiger partial charge >= 0.3 is 5.97 Å². The van der Waals surface area contributed by atoms with Crippen molar-refractivity contribution in [2.24, 2.45) is 0 Å². The number of anilines is 2. The predicted molar refractivity (Wildman–Crippen MR) is 115 cm³/mol. The van der Waals surface area contributed by atoms with Crippen molar-refractivity contribution in [2.45, 2.75) is 12.8 Å². The topological polar surface area (TPSA) is 111 Å². The minimum absolute atomic E-state index is 0.0985. The fourth-order valence-corrected chi connectivity index (χ4v) is 3.19. The number of carbonyl (C=O) groups is 1. The van der Waals surface area contributed by atoms with Crippen LogP contribution in [0.25, 0.3) is 16.9 Å². The number of nitrogens with one attached hydrogen (secondary N) is 1. The molecule has 9 nitrogen and oxygen atoms in total. The Balaban J connectivity index is 1.66. The van der Waals surface area contributed by atoms with Gasteiger partial charge in [0, 0.05) is 23.7 Å². The number of benzene rings is 2. The molecule has 0 bridgehead atoms. The van der Waals surface area contributed by atoms with Crippen LogP contribution in [0.15, 0.2) is 54.9 Å². The van der Waals surface area contributed by atoms with Gasteiger partial charge in [0.05, 0.1) is 19.9 Å². The van der Waals surface area contributed by atoms with Gasteiger partial charge in [-0.3, -0.25) is 4.79 Å². The van der Waals surface area contributed by atoms with E-state index in [9.17, 15) is 4.79 Å². The van der Waals surface area contributed by atoms with Gasteiger partial charge < -0.3 is 19.9 Å². The normalized spacial score (nSPS) is 10.8. The van der Waals surface area contributed by atoms with Gasteiger partial charge in [0.1, 0.15) is 6.33 Å². The third kappa shape index (κ3) is 4.40. The minimum Gasteiger partial charge on any atom is -0.493 e. The van der Waals surface area contributed by atoms with Crippen LogP contribution in [-0.2, 0) is 11.2 Å². The van der Waals surface area contributed by atoms with Crippen LogP contribution < -0.4 is 14.8 Å². The molecule has 4 rings (SSSR count). The Hall–Kier alpha value is -4.14. The highest BCUT2D eigenvalue weighted by Crippen LogP contribution is 2.32. The monoisotopic (exact) mass is 419 g/mol. The number of carboxylic acid groups (broad SMARTS) is 1. The molecule has 0 aliphatic rings. The van der Waals surface area contributed by atoms with Crippen LogP contribution in [0, 0.1) is 0 Å². The second kappa shape index (κ2) is 8.70. The molecule has 2 aromatic heterocycles. The van der Waals surface area contributed by atoms with Crippen LogP contribution in [0.5, 0.6) is 11.5 Å². The van der Waals surface area contributed by atoms with Gasteiger partial charge in [-0.15, -0.1) is 0 Å². The number of hydrogen-bond acceptors (Lipinski definition) is 7. The molecule has 0 unspecified atom stereocenters. The van der Waals surface area contributed by atoms with Crippen LogP contribution in [0.3, 0.4) is 0 Å². The van der Waals surface area contributed by atoms with Crippen molar-refractivity contribution in [3.8, 4) is 22.8 Å². The maximum absolute atomic E-state index is 10.8. The number of aromatic nitrogens is 4. The number of rotatable bonds is 8. The Morgan fingerprint density at radius 2 is 1.84 bits per heavy atom. The lowest BCUT2D eigenvalue weighted by Crippen LogP contribution is -2.04. The van der Waals surface area contributed by atoms with E-state index in [0.717, 1.165) is 16.8 Å². The van der Waals surface area contributed by atoms with E-state index < -0.39 is 5.97 Å². The number of hydrogen-bond donors (Lipinski definition) is 2. The Bertz CT molecular complexity index is 1220. The summed E-state index contributed by atoms with van der Waals surface area (Å²) in [4.78, 5) is 19.8. The number of carboxylic acids is 1. The van der Waals surface area contributed by atoms with Crippen LogP contribution in [0.1, 0.15) is 12.0 Å². The zero-order valence-corrected chi connectivity index (χ0v) is 17.1. The highest BCUT2D eigenvalue weighted by Gasteiger charge is 2.12. The highest BCUT2D eigenvalue weighted by molar-refractivity contribution is 5.70. The quantitative estimate of drug-likeness (QED) is 0.446. The number of aryl methyl sites for hydroxylation is 1. The number of methoxy groups -OCH3 is 2. The maximum atomic E-state index is 10.8. The number of ether oxygens (including phenoxy) is 2. The van der Waals surface area contributed by atoms with Crippen molar-refractivity contribution in [2.75, 3.05) is 19.5 Å². The van der Waals surface area contributed by atoms with Gasteiger partial charge in [0.15, 0.2) is 17.1 Å². The predicted octanol–water partition coefficient (Wildman–Crippen LogP) is 3.57. The van der Waals surface area contributed by atoms with E-state index in [1.54, 1.807) is 18.7 Å². The fraction of sp³-hybridized carbons (Fsp3) is 0.182. The van der Waals surface area contributed by atoms with Gasteiger partial charge in [0.2, 0.25) is 5.95 Å². The third-order valence-electron chi connectivity index (χ3n) is 4.78. The lowest BCUT2D eigenvalue weighted by molar-refractivity contribution is -0.136. The third-order valence-corrected chi connectivity index (χ3v) is 4.78. The van der Waals surface area contributed by atoms with Crippen molar-refractivity contribution < 1.29 is 19.4 Å². The summed E-state index contributed by atoms with van der Waals surface area (Å²) in [6.45, 7) is 0. The molecule has 2 heterocycles. The van der Waals surface area contributed by atoms with Crippen molar-refractivity contribution in [1.29, 1.82) is 0 Å². The van der Waals surface area contributed by atoms with Crippen molar-refractivity contribution in [3.05, 3.63) is 60.4 Å². The van der Waals surface area contributed by atoms with E-state index in [1.807, 2.05) is 48.5 Å². The molecule has 0 atom stereocenters. The molecular formula is C22H21N5O4. The summed E-state index contributed by atoms with van der Waals surface area (Å²) in [5.41, 5.74) is 3.93. The molecule has 0 saturated heterocycles. The van der Waals surface area contributed by atoms with E-state index in [0.29, 0.717) is 35.2 Å². The smallest absolute Gasteiger partial charge is 0.303 e. The number of fused-ring (bicyclic) bond motifs is 1. The summed E-state index contributed by atoms with van der Waals surface area (Å²) in [5, 5.41) is 16.3. The zero-order valence-electron chi connectivity index (χ0n) is 17.1. The highest BCUT2D eigenvalue weighted by atomic mass is 16.5. The second-order valence-electron chi connectivity index (χ2n) is 6.78. The fourth-order valence-electron chi connectivity index (χ4n) is 3.19. The standard InChI is InChI=1S/C22H21N5O4/c1-30-18-9-6-15(11-19(18)31-2)17-12-20-23-13-24-27(20)22(26-17)25-16-7-3-14(4-8-16)5-10-21(28)29/h3-4,6-9,11-13H,5,10H2,1-2H3,(H,25,26)(H,28,29).